The summed E-state index contributed by atoms with van der Waals surface area (Å²) in [6.07, 6.45) is 2.98. The fourth-order valence-electron chi connectivity index (χ4n) is 1.27. The monoisotopic (exact) mass is 213 g/mol. The normalized spacial score (nSPS) is 14.5. The third-order valence-corrected chi connectivity index (χ3v) is 2.30. The molecular weight excluding hydrogens is 194 g/mol. The molecule has 2 N–H and O–H groups in total. The number of urea groups is 1. The SMILES string of the molecule is CCCN(CC(=O)NC)C(=O)NC1CC1. The number of rotatable bonds is 5. The van der Waals surface area contributed by atoms with Crippen molar-refractivity contribution in [2.24, 2.45) is 0 Å². The molecule has 0 radical (unpaired) electrons. The minimum Gasteiger partial charge on any atom is -0.358 e. The molecule has 0 aliphatic heterocycles. The topological polar surface area (TPSA) is 61.4 Å². The lowest BCUT2D eigenvalue weighted by Crippen LogP contribution is -2.45. The minimum absolute atomic E-state index is 0.122. The van der Waals surface area contributed by atoms with Gasteiger partial charge in [-0.25, -0.2) is 4.79 Å². The van der Waals surface area contributed by atoms with Crippen molar-refractivity contribution in [1.82, 2.24) is 15.5 Å². The van der Waals surface area contributed by atoms with E-state index in [2.05, 4.69) is 10.6 Å². The molecule has 0 unspecified atom stereocenters. The van der Waals surface area contributed by atoms with E-state index in [1.807, 2.05) is 6.92 Å². The highest BCUT2D eigenvalue weighted by molar-refractivity contribution is 5.84. The van der Waals surface area contributed by atoms with Gasteiger partial charge < -0.3 is 15.5 Å². The molecule has 1 rings (SSSR count). The van der Waals surface area contributed by atoms with Crippen molar-refractivity contribution in [3.63, 3.8) is 0 Å². The van der Waals surface area contributed by atoms with Gasteiger partial charge >= 0.3 is 6.03 Å². The molecule has 1 aliphatic carbocycles. The summed E-state index contributed by atoms with van der Waals surface area (Å²) in [5, 5.41) is 5.39. The standard InChI is InChI=1S/C10H19N3O2/c1-3-6-13(7-9(14)11-2)10(15)12-8-4-5-8/h8H,3-7H2,1-2H3,(H,11,14)(H,12,15). The number of hydrogen-bond donors (Lipinski definition) is 2. The van der Waals surface area contributed by atoms with E-state index in [1.54, 1.807) is 11.9 Å². The van der Waals surface area contributed by atoms with Crippen molar-refractivity contribution >= 4 is 11.9 Å². The fourth-order valence-corrected chi connectivity index (χ4v) is 1.27. The first-order valence-electron chi connectivity index (χ1n) is 5.43. The highest BCUT2D eigenvalue weighted by atomic mass is 16.2. The van der Waals surface area contributed by atoms with Gasteiger partial charge in [-0.15, -0.1) is 0 Å². The Hall–Kier alpha value is -1.26. The summed E-state index contributed by atoms with van der Waals surface area (Å²) in [4.78, 5) is 24.4. The summed E-state index contributed by atoms with van der Waals surface area (Å²) in [6.45, 7) is 2.75. The zero-order valence-corrected chi connectivity index (χ0v) is 9.38. The van der Waals surface area contributed by atoms with Gasteiger partial charge in [0.2, 0.25) is 5.91 Å². The molecule has 5 heteroatoms. The predicted octanol–water partition coefficient (Wildman–Crippen LogP) is 0.316. The van der Waals surface area contributed by atoms with Gasteiger partial charge in [-0.1, -0.05) is 6.92 Å². The maximum atomic E-state index is 11.7. The molecule has 1 aliphatic rings. The van der Waals surface area contributed by atoms with E-state index in [1.165, 1.54) is 0 Å². The highest BCUT2D eigenvalue weighted by Crippen LogP contribution is 2.18. The molecule has 0 spiro atoms. The van der Waals surface area contributed by atoms with Crippen molar-refractivity contribution in [3.8, 4) is 0 Å². The first-order valence-corrected chi connectivity index (χ1v) is 5.43. The van der Waals surface area contributed by atoms with E-state index in [9.17, 15) is 9.59 Å². The summed E-state index contributed by atoms with van der Waals surface area (Å²) in [5.41, 5.74) is 0. The molecule has 15 heavy (non-hydrogen) atoms. The highest BCUT2D eigenvalue weighted by Gasteiger charge is 2.26. The second-order valence-corrected chi connectivity index (χ2v) is 3.82. The van der Waals surface area contributed by atoms with Gasteiger partial charge in [-0.3, -0.25) is 4.79 Å². The summed E-state index contributed by atoms with van der Waals surface area (Å²) < 4.78 is 0. The van der Waals surface area contributed by atoms with E-state index < -0.39 is 0 Å². The van der Waals surface area contributed by atoms with Crippen LogP contribution in [0.2, 0.25) is 0 Å². The van der Waals surface area contributed by atoms with E-state index >= 15 is 0 Å². The van der Waals surface area contributed by atoms with Crippen molar-refractivity contribution in [2.75, 3.05) is 20.1 Å². The average molecular weight is 213 g/mol. The molecule has 0 aromatic heterocycles. The molecule has 5 nitrogen and oxygen atoms in total. The smallest absolute Gasteiger partial charge is 0.318 e. The van der Waals surface area contributed by atoms with Gasteiger partial charge in [-0.2, -0.15) is 0 Å². The lowest BCUT2D eigenvalue weighted by atomic mass is 10.4. The first kappa shape index (κ1) is 11.8. The van der Waals surface area contributed by atoms with Crippen LogP contribution in [-0.4, -0.2) is 43.0 Å². The number of amides is 3. The van der Waals surface area contributed by atoms with Crippen molar-refractivity contribution in [1.29, 1.82) is 0 Å². The second-order valence-electron chi connectivity index (χ2n) is 3.82. The van der Waals surface area contributed by atoms with Crippen molar-refractivity contribution < 1.29 is 9.59 Å². The Morgan fingerprint density at radius 3 is 2.53 bits per heavy atom. The fraction of sp³-hybridized carbons (Fsp3) is 0.800. The van der Waals surface area contributed by atoms with Crippen LogP contribution in [0.3, 0.4) is 0 Å². The molecule has 0 saturated heterocycles. The van der Waals surface area contributed by atoms with Gasteiger partial charge in [0.05, 0.1) is 0 Å². The molecule has 3 amide bonds. The molecule has 0 heterocycles. The number of nitrogens with zero attached hydrogens (tertiary/aromatic N) is 1. The van der Waals surface area contributed by atoms with Gasteiger partial charge in [0.1, 0.15) is 6.54 Å². The molecule has 86 valence electrons. The summed E-state index contributed by atoms with van der Waals surface area (Å²) in [6, 6.07) is 0.212. The maximum absolute atomic E-state index is 11.7. The first-order chi connectivity index (χ1) is 7.17. The second kappa shape index (κ2) is 5.58. The van der Waals surface area contributed by atoms with Crippen LogP contribution < -0.4 is 10.6 Å². The van der Waals surface area contributed by atoms with Crippen LogP contribution in [0.4, 0.5) is 4.79 Å². The number of carbonyl (C=O) groups is 2. The van der Waals surface area contributed by atoms with E-state index in [-0.39, 0.29) is 18.5 Å². The average Bonchev–Trinajstić information content (AvgIpc) is 3.00. The van der Waals surface area contributed by atoms with Crippen LogP contribution in [0.25, 0.3) is 0 Å². The quantitative estimate of drug-likeness (QED) is 0.690. The van der Waals surface area contributed by atoms with Crippen molar-refractivity contribution in [3.05, 3.63) is 0 Å². The third-order valence-electron chi connectivity index (χ3n) is 2.30. The Labute approximate surface area is 90.2 Å². The lowest BCUT2D eigenvalue weighted by Gasteiger charge is -2.21. The van der Waals surface area contributed by atoms with Crippen LogP contribution >= 0.6 is 0 Å². The number of likely N-dealkylation sites (N-methyl/N-ethyl adjacent to an activating group) is 1. The Morgan fingerprint density at radius 2 is 2.07 bits per heavy atom. The summed E-state index contributed by atoms with van der Waals surface area (Å²) >= 11 is 0. The number of hydrogen-bond acceptors (Lipinski definition) is 2. The molecule has 1 fully saturated rings. The van der Waals surface area contributed by atoms with Gasteiger partial charge in [0.25, 0.3) is 0 Å². The van der Waals surface area contributed by atoms with Crippen LogP contribution in [0, 0.1) is 0 Å². The van der Waals surface area contributed by atoms with Crippen LogP contribution in [0.15, 0.2) is 0 Å². The summed E-state index contributed by atoms with van der Waals surface area (Å²) in [7, 11) is 1.57. The predicted molar refractivity (Wildman–Crippen MR) is 57.5 cm³/mol. The molecule has 0 aromatic carbocycles. The Morgan fingerprint density at radius 1 is 1.40 bits per heavy atom. The molecule has 0 bridgehead atoms. The largest absolute Gasteiger partial charge is 0.358 e. The van der Waals surface area contributed by atoms with Gasteiger partial charge in [0, 0.05) is 19.6 Å². The molecule has 0 atom stereocenters. The van der Waals surface area contributed by atoms with Crippen LogP contribution in [0.1, 0.15) is 26.2 Å². The van der Waals surface area contributed by atoms with E-state index in [4.69, 9.17) is 0 Å². The van der Waals surface area contributed by atoms with Crippen LogP contribution in [-0.2, 0) is 4.79 Å². The van der Waals surface area contributed by atoms with Gasteiger partial charge in [-0.05, 0) is 19.3 Å². The van der Waals surface area contributed by atoms with Crippen molar-refractivity contribution in [2.45, 2.75) is 32.2 Å². The van der Waals surface area contributed by atoms with Crippen LogP contribution in [0.5, 0.6) is 0 Å². The Bertz CT molecular complexity index is 239. The number of carbonyl (C=O) groups excluding carboxylic acids is 2. The lowest BCUT2D eigenvalue weighted by molar-refractivity contribution is -0.121. The zero-order valence-electron chi connectivity index (χ0n) is 9.38. The molecular formula is C10H19N3O2. The molecule has 1 saturated carbocycles. The van der Waals surface area contributed by atoms with E-state index in [0.717, 1.165) is 19.3 Å². The minimum atomic E-state index is -0.130. The number of nitrogens with one attached hydrogen (secondary N) is 2. The maximum Gasteiger partial charge on any atom is 0.318 e. The van der Waals surface area contributed by atoms with E-state index in [0.29, 0.717) is 12.6 Å². The Balaban J connectivity index is 2.39. The van der Waals surface area contributed by atoms with Gasteiger partial charge in [0.15, 0.2) is 0 Å². The molecule has 0 aromatic rings. The third kappa shape index (κ3) is 4.18. The zero-order chi connectivity index (χ0) is 11.3. The Kier molecular flexibility index (Phi) is 4.39. The summed E-state index contributed by atoms with van der Waals surface area (Å²) in [5.74, 6) is -0.130.